The van der Waals surface area contributed by atoms with Crippen LogP contribution in [0.3, 0.4) is 0 Å². The van der Waals surface area contributed by atoms with Gasteiger partial charge in [0.2, 0.25) is 0 Å². The van der Waals surface area contributed by atoms with Crippen LogP contribution in [0.15, 0.2) is 72.9 Å². The van der Waals surface area contributed by atoms with Gasteiger partial charge in [0.05, 0.1) is 5.69 Å². The Morgan fingerprint density at radius 1 is 0.828 bits per heavy atom. The Balaban J connectivity index is 1.78. The molecule has 0 spiro atoms. The lowest BCUT2D eigenvalue weighted by molar-refractivity contribution is -0.112. The van der Waals surface area contributed by atoms with Gasteiger partial charge < -0.3 is 9.72 Å². The molecule has 0 bridgehead atoms. The highest BCUT2D eigenvalue weighted by molar-refractivity contribution is 6.47. The normalized spacial score (nSPS) is 10.9. The van der Waals surface area contributed by atoms with E-state index in [2.05, 4.69) is 5.32 Å². The van der Waals surface area contributed by atoms with E-state index in [1.807, 2.05) is 0 Å². The molecule has 2 aromatic carbocycles. The molecule has 2 aromatic heterocycles. The van der Waals surface area contributed by atoms with Crippen LogP contribution in [0.4, 0.5) is 18.9 Å². The molecule has 1 N–H and O–H groups in total. The first kappa shape index (κ1) is 18.5. The third kappa shape index (κ3) is 3.50. The topological polar surface area (TPSA) is 50.6 Å². The van der Waals surface area contributed by atoms with Gasteiger partial charge in [0.15, 0.2) is 0 Å². The summed E-state index contributed by atoms with van der Waals surface area (Å²) in [5.41, 5.74) is 1.08. The number of hydrogen-bond acceptors (Lipinski definition) is 2. The second-order valence-electron chi connectivity index (χ2n) is 6.32. The van der Waals surface area contributed by atoms with Crippen molar-refractivity contribution in [2.75, 3.05) is 5.32 Å². The van der Waals surface area contributed by atoms with E-state index in [9.17, 15) is 22.8 Å². The van der Waals surface area contributed by atoms with Crippen LogP contribution < -0.4 is 5.32 Å². The summed E-state index contributed by atoms with van der Waals surface area (Å²) in [6.45, 7) is 0. The Morgan fingerprint density at radius 2 is 1.62 bits per heavy atom. The number of carbonyl (C=O) groups excluding carboxylic acids is 2. The number of aromatic nitrogens is 1. The molecule has 4 nitrogen and oxygen atoms in total. The van der Waals surface area contributed by atoms with E-state index < -0.39 is 29.1 Å². The molecular weight excluding hydrogens is 381 g/mol. The summed E-state index contributed by atoms with van der Waals surface area (Å²) in [5.74, 6) is -4.35. The zero-order valence-electron chi connectivity index (χ0n) is 14.8. The van der Waals surface area contributed by atoms with Crippen LogP contribution in [-0.2, 0) is 4.79 Å². The number of amides is 1. The SMILES string of the molecule is O=C(Nc1ccc(F)cc1F)C(=O)c1c(-c2cccc(F)c2)cc2ccccn12. The van der Waals surface area contributed by atoms with Gasteiger partial charge in [0, 0.05) is 23.3 Å². The summed E-state index contributed by atoms with van der Waals surface area (Å²) in [6.07, 6.45) is 1.59. The van der Waals surface area contributed by atoms with Crippen molar-refractivity contribution in [2.24, 2.45) is 0 Å². The molecule has 0 unspecified atom stereocenters. The van der Waals surface area contributed by atoms with Crippen molar-refractivity contribution in [2.45, 2.75) is 0 Å². The molecule has 2 heterocycles. The Kier molecular flexibility index (Phi) is 4.64. The summed E-state index contributed by atoms with van der Waals surface area (Å²) < 4.78 is 42.1. The maximum atomic E-state index is 13.8. The standard InChI is InChI=1S/C22H13F3N2O2/c23-14-5-3-4-13(10-14)17-12-16-6-1-2-9-27(16)20(17)21(28)22(29)26-19-8-7-15(24)11-18(19)25/h1-12H,(H,26,29). The number of rotatable bonds is 4. The molecule has 7 heteroatoms. The fourth-order valence-corrected chi connectivity index (χ4v) is 3.11. The van der Waals surface area contributed by atoms with Gasteiger partial charge >= 0.3 is 0 Å². The molecule has 0 saturated heterocycles. The maximum absolute atomic E-state index is 13.8. The van der Waals surface area contributed by atoms with Gasteiger partial charge in [0.25, 0.3) is 11.7 Å². The average molecular weight is 394 g/mol. The van der Waals surface area contributed by atoms with Crippen LogP contribution in [0.25, 0.3) is 16.6 Å². The van der Waals surface area contributed by atoms with Crippen LogP contribution in [0, 0.1) is 17.5 Å². The summed E-state index contributed by atoms with van der Waals surface area (Å²) in [5, 5.41) is 2.16. The second-order valence-corrected chi connectivity index (χ2v) is 6.32. The van der Waals surface area contributed by atoms with Crippen molar-refractivity contribution < 1.29 is 22.8 Å². The molecule has 0 atom stereocenters. The molecule has 144 valence electrons. The van der Waals surface area contributed by atoms with E-state index in [-0.39, 0.29) is 11.4 Å². The Bertz CT molecular complexity index is 1260. The molecular formula is C22H13F3N2O2. The lowest BCUT2D eigenvalue weighted by Crippen LogP contribution is -2.25. The summed E-state index contributed by atoms with van der Waals surface area (Å²) >= 11 is 0. The number of carbonyl (C=O) groups is 2. The van der Waals surface area contributed by atoms with Crippen LogP contribution in [-0.4, -0.2) is 16.1 Å². The number of pyridine rings is 1. The smallest absolute Gasteiger partial charge is 0.298 e. The summed E-state index contributed by atoms with van der Waals surface area (Å²) in [4.78, 5) is 25.5. The number of anilines is 1. The highest BCUT2D eigenvalue weighted by Gasteiger charge is 2.25. The van der Waals surface area contributed by atoms with Crippen molar-refractivity contribution in [3.63, 3.8) is 0 Å². The van der Waals surface area contributed by atoms with Gasteiger partial charge in [-0.15, -0.1) is 0 Å². The minimum atomic E-state index is -1.10. The van der Waals surface area contributed by atoms with E-state index in [1.54, 1.807) is 36.5 Å². The minimum Gasteiger partial charge on any atom is -0.317 e. The van der Waals surface area contributed by atoms with E-state index >= 15 is 0 Å². The first-order valence-electron chi connectivity index (χ1n) is 8.61. The van der Waals surface area contributed by atoms with E-state index in [4.69, 9.17) is 0 Å². The Labute approximate surface area is 163 Å². The summed E-state index contributed by atoms with van der Waals surface area (Å²) in [6, 6.07) is 15.1. The fraction of sp³-hybridized carbons (Fsp3) is 0. The van der Waals surface area contributed by atoms with E-state index in [0.29, 0.717) is 22.7 Å². The molecule has 0 fully saturated rings. The van der Waals surface area contributed by atoms with Crippen molar-refractivity contribution >= 4 is 22.9 Å². The lowest BCUT2D eigenvalue weighted by Gasteiger charge is -2.08. The third-order valence-corrected chi connectivity index (χ3v) is 4.42. The molecule has 29 heavy (non-hydrogen) atoms. The minimum absolute atomic E-state index is 0.00576. The molecule has 1 amide bonds. The van der Waals surface area contributed by atoms with Crippen molar-refractivity contribution in [1.29, 1.82) is 0 Å². The van der Waals surface area contributed by atoms with E-state index in [0.717, 1.165) is 12.1 Å². The number of nitrogens with zero attached hydrogens (tertiary/aromatic N) is 1. The number of ketones is 1. The third-order valence-electron chi connectivity index (χ3n) is 4.42. The molecule has 0 saturated carbocycles. The highest BCUT2D eigenvalue weighted by atomic mass is 19.1. The first-order chi connectivity index (χ1) is 13.9. The number of hydrogen-bond donors (Lipinski definition) is 1. The lowest BCUT2D eigenvalue weighted by atomic mass is 10.0. The number of benzene rings is 2. The molecule has 0 aliphatic rings. The van der Waals surface area contributed by atoms with Crippen LogP contribution in [0.5, 0.6) is 0 Å². The highest BCUT2D eigenvalue weighted by Crippen LogP contribution is 2.29. The number of fused-ring (bicyclic) bond motifs is 1. The van der Waals surface area contributed by atoms with Gasteiger partial charge in [-0.2, -0.15) is 0 Å². The molecule has 4 rings (SSSR count). The zero-order chi connectivity index (χ0) is 20.5. The predicted molar refractivity (Wildman–Crippen MR) is 102 cm³/mol. The summed E-state index contributed by atoms with van der Waals surface area (Å²) in [7, 11) is 0. The number of Topliss-reactive ketones (excluding diaryl/α,β-unsaturated/α-hetero) is 1. The van der Waals surface area contributed by atoms with Crippen molar-refractivity contribution in [1.82, 2.24) is 4.40 Å². The fourth-order valence-electron chi connectivity index (χ4n) is 3.11. The van der Waals surface area contributed by atoms with Crippen LogP contribution in [0.1, 0.15) is 10.5 Å². The average Bonchev–Trinajstić information content (AvgIpc) is 3.09. The Morgan fingerprint density at radius 3 is 2.38 bits per heavy atom. The molecule has 4 aromatic rings. The maximum Gasteiger partial charge on any atom is 0.298 e. The molecule has 0 aliphatic heterocycles. The van der Waals surface area contributed by atoms with Crippen LogP contribution in [0.2, 0.25) is 0 Å². The van der Waals surface area contributed by atoms with Gasteiger partial charge in [-0.1, -0.05) is 18.2 Å². The van der Waals surface area contributed by atoms with Gasteiger partial charge in [-0.3, -0.25) is 9.59 Å². The van der Waals surface area contributed by atoms with E-state index in [1.165, 1.54) is 22.6 Å². The second kappa shape index (κ2) is 7.27. The zero-order valence-corrected chi connectivity index (χ0v) is 14.8. The molecule has 0 aliphatic carbocycles. The number of halogens is 3. The quantitative estimate of drug-likeness (QED) is 0.398. The van der Waals surface area contributed by atoms with Gasteiger partial charge in [-0.25, -0.2) is 13.2 Å². The van der Waals surface area contributed by atoms with Gasteiger partial charge in [-0.05, 0) is 48.0 Å². The monoisotopic (exact) mass is 394 g/mol. The van der Waals surface area contributed by atoms with Crippen molar-refractivity contribution in [3.05, 3.63) is 96.1 Å². The predicted octanol–water partition coefficient (Wildman–Crippen LogP) is 4.85. The Hall–Kier alpha value is -3.87. The van der Waals surface area contributed by atoms with Crippen LogP contribution >= 0.6 is 0 Å². The van der Waals surface area contributed by atoms with Gasteiger partial charge in [0.1, 0.15) is 23.1 Å². The van der Waals surface area contributed by atoms with Crippen molar-refractivity contribution in [3.8, 4) is 11.1 Å². The number of nitrogens with one attached hydrogen (secondary N) is 1. The first-order valence-corrected chi connectivity index (χ1v) is 8.61. The largest absolute Gasteiger partial charge is 0.317 e. The molecule has 0 radical (unpaired) electrons.